The summed E-state index contributed by atoms with van der Waals surface area (Å²) in [5, 5.41) is 1.10. The average Bonchev–Trinajstić information content (AvgIpc) is 2.53. The fourth-order valence-electron chi connectivity index (χ4n) is 1.15. The maximum atomic E-state index is 4.23. The second-order valence-electron chi connectivity index (χ2n) is 2.72. The van der Waals surface area contributed by atoms with Crippen molar-refractivity contribution < 1.29 is 0 Å². The first-order chi connectivity index (χ1) is 6.27. The van der Waals surface area contributed by atoms with Crippen LogP contribution in [0.2, 0.25) is 0 Å². The molecule has 0 fully saturated rings. The Morgan fingerprint density at radius 2 is 2.08 bits per heavy atom. The highest BCUT2D eigenvalue weighted by molar-refractivity contribution is 9.10. The van der Waals surface area contributed by atoms with Gasteiger partial charge < -0.3 is 0 Å². The highest BCUT2D eigenvalue weighted by atomic mass is 79.9. The zero-order valence-electron chi connectivity index (χ0n) is 7.12. The standard InChI is InChI=1S/C10H8BrNS/c1-7-12-6-10(13-7)8-4-2-3-5-9(8)11/h2-6H,1H3. The minimum Gasteiger partial charge on any atom is -0.249 e. The first-order valence-electron chi connectivity index (χ1n) is 3.95. The van der Waals surface area contributed by atoms with E-state index in [0.29, 0.717) is 0 Å². The highest BCUT2D eigenvalue weighted by Gasteiger charge is 2.04. The molecule has 2 rings (SSSR count). The van der Waals surface area contributed by atoms with Crippen LogP contribution >= 0.6 is 27.3 Å². The van der Waals surface area contributed by atoms with Crippen LogP contribution in [-0.2, 0) is 0 Å². The van der Waals surface area contributed by atoms with Gasteiger partial charge in [0.25, 0.3) is 0 Å². The Bertz CT molecular complexity index is 422. The molecule has 0 saturated heterocycles. The molecule has 0 N–H and O–H groups in total. The lowest BCUT2D eigenvalue weighted by Gasteiger charge is -1.98. The molecule has 0 saturated carbocycles. The molecule has 66 valence electrons. The highest BCUT2D eigenvalue weighted by Crippen LogP contribution is 2.31. The van der Waals surface area contributed by atoms with E-state index in [0.717, 1.165) is 9.48 Å². The fraction of sp³-hybridized carbons (Fsp3) is 0.100. The summed E-state index contributed by atoms with van der Waals surface area (Å²) in [6.45, 7) is 2.02. The van der Waals surface area contributed by atoms with E-state index in [1.807, 2.05) is 31.3 Å². The summed E-state index contributed by atoms with van der Waals surface area (Å²) in [6, 6.07) is 8.19. The van der Waals surface area contributed by atoms with E-state index in [2.05, 4.69) is 27.0 Å². The van der Waals surface area contributed by atoms with Crippen molar-refractivity contribution in [1.29, 1.82) is 0 Å². The molecule has 1 aromatic carbocycles. The number of aryl methyl sites for hydroxylation is 1. The second kappa shape index (κ2) is 3.60. The number of hydrogen-bond donors (Lipinski definition) is 0. The molecular weight excluding hydrogens is 246 g/mol. The monoisotopic (exact) mass is 253 g/mol. The van der Waals surface area contributed by atoms with Crippen molar-refractivity contribution >= 4 is 27.3 Å². The summed E-state index contributed by atoms with van der Waals surface area (Å²) < 4.78 is 1.12. The molecule has 0 radical (unpaired) electrons. The predicted molar refractivity (Wildman–Crippen MR) is 60.0 cm³/mol. The second-order valence-corrected chi connectivity index (χ2v) is 4.81. The Morgan fingerprint density at radius 3 is 2.69 bits per heavy atom. The minimum atomic E-state index is 1.10. The van der Waals surface area contributed by atoms with E-state index in [9.17, 15) is 0 Å². The van der Waals surface area contributed by atoms with E-state index in [1.54, 1.807) is 11.3 Å². The van der Waals surface area contributed by atoms with Crippen LogP contribution in [0, 0.1) is 6.92 Å². The van der Waals surface area contributed by atoms with Gasteiger partial charge in [0, 0.05) is 16.2 Å². The van der Waals surface area contributed by atoms with Crippen LogP contribution in [0.25, 0.3) is 10.4 Å². The lowest BCUT2D eigenvalue weighted by Crippen LogP contribution is -1.72. The Labute approximate surface area is 89.6 Å². The minimum absolute atomic E-state index is 1.10. The molecule has 0 aliphatic rings. The molecule has 1 aromatic heterocycles. The van der Waals surface area contributed by atoms with E-state index in [-0.39, 0.29) is 0 Å². The van der Waals surface area contributed by atoms with E-state index < -0.39 is 0 Å². The Hall–Kier alpha value is -0.670. The third-order valence-electron chi connectivity index (χ3n) is 1.76. The van der Waals surface area contributed by atoms with Gasteiger partial charge in [0.05, 0.1) is 9.88 Å². The summed E-state index contributed by atoms with van der Waals surface area (Å²) in [4.78, 5) is 5.44. The van der Waals surface area contributed by atoms with Gasteiger partial charge in [0.1, 0.15) is 0 Å². The van der Waals surface area contributed by atoms with E-state index in [4.69, 9.17) is 0 Å². The van der Waals surface area contributed by atoms with Gasteiger partial charge in [0.2, 0.25) is 0 Å². The van der Waals surface area contributed by atoms with Gasteiger partial charge in [-0.3, -0.25) is 0 Å². The molecule has 13 heavy (non-hydrogen) atoms. The lowest BCUT2D eigenvalue weighted by atomic mass is 10.2. The normalized spacial score (nSPS) is 10.3. The number of rotatable bonds is 1. The summed E-state index contributed by atoms with van der Waals surface area (Å²) >= 11 is 5.24. The number of benzene rings is 1. The molecule has 3 heteroatoms. The summed E-state index contributed by atoms with van der Waals surface area (Å²) in [7, 11) is 0. The topological polar surface area (TPSA) is 12.9 Å². The Balaban J connectivity index is 2.52. The molecule has 0 bridgehead atoms. The smallest absolute Gasteiger partial charge is 0.0900 e. The SMILES string of the molecule is Cc1ncc(-c2ccccc2Br)s1. The summed E-state index contributed by atoms with van der Waals surface area (Å²) in [5.74, 6) is 0. The van der Waals surface area contributed by atoms with Gasteiger partial charge in [-0.15, -0.1) is 11.3 Å². The van der Waals surface area contributed by atoms with Crippen molar-refractivity contribution in [2.75, 3.05) is 0 Å². The van der Waals surface area contributed by atoms with Crippen LogP contribution in [0.15, 0.2) is 34.9 Å². The number of nitrogens with zero attached hydrogens (tertiary/aromatic N) is 1. The van der Waals surface area contributed by atoms with Gasteiger partial charge in [-0.05, 0) is 13.0 Å². The molecule has 1 heterocycles. The molecule has 0 spiro atoms. The van der Waals surface area contributed by atoms with Crippen molar-refractivity contribution in [2.45, 2.75) is 6.92 Å². The maximum Gasteiger partial charge on any atom is 0.0900 e. The third kappa shape index (κ3) is 1.81. The lowest BCUT2D eigenvalue weighted by molar-refractivity contribution is 1.30. The number of aromatic nitrogens is 1. The van der Waals surface area contributed by atoms with Crippen molar-refractivity contribution in [1.82, 2.24) is 4.98 Å². The summed E-state index contributed by atoms with van der Waals surface area (Å²) in [6.07, 6.45) is 1.92. The van der Waals surface area contributed by atoms with Crippen LogP contribution in [0.1, 0.15) is 5.01 Å². The fourth-order valence-corrected chi connectivity index (χ4v) is 2.59. The van der Waals surface area contributed by atoms with Crippen LogP contribution in [0.4, 0.5) is 0 Å². The Kier molecular flexibility index (Phi) is 2.47. The molecule has 0 unspecified atom stereocenters. The van der Waals surface area contributed by atoms with Crippen molar-refractivity contribution in [3.05, 3.63) is 39.9 Å². The van der Waals surface area contributed by atoms with E-state index >= 15 is 0 Å². The Morgan fingerprint density at radius 1 is 1.31 bits per heavy atom. The number of thiazole rings is 1. The largest absolute Gasteiger partial charge is 0.249 e. The maximum absolute atomic E-state index is 4.23. The van der Waals surface area contributed by atoms with Gasteiger partial charge in [0.15, 0.2) is 0 Å². The van der Waals surface area contributed by atoms with Gasteiger partial charge in [-0.25, -0.2) is 4.98 Å². The summed E-state index contributed by atoms with van der Waals surface area (Å²) in [5.41, 5.74) is 1.22. The molecule has 0 amide bonds. The van der Waals surface area contributed by atoms with Crippen molar-refractivity contribution in [3.8, 4) is 10.4 Å². The van der Waals surface area contributed by atoms with E-state index in [1.165, 1.54) is 10.4 Å². The average molecular weight is 254 g/mol. The van der Waals surface area contributed by atoms with Crippen LogP contribution in [0.5, 0.6) is 0 Å². The number of halogens is 1. The van der Waals surface area contributed by atoms with Crippen LogP contribution in [0.3, 0.4) is 0 Å². The zero-order valence-corrected chi connectivity index (χ0v) is 9.52. The zero-order chi connectivity index (χ0) is 9.26. The van der Waals surface area contributed by atoms with Crippen LogP contribution < -0.4 is 0 Å². The van der Waals surface area contributed by atoms with Gasteiger partial charge >= 0.3 is 0 Å². The molecule has 1 nitrogen and oxygen atoms in total. The molecule has 0 aliphatic heterocycles. The van der Waals surface area contributed by atoms with Crippen molar-refractivity contribution in [3.63, 3.8) is 0 Å². The van der Waals surface area contributed by atoms with Gasteiger partial charge in [-0.2, -0.15) is 0 Å². The first-order valence-corrected chi connectivity index (χ1v) is 5.55. The molecule has 2 aromatic rings. The molecule has 0 aliphatic carbocycles. The molecular formula is C10H8BrNS. The van der Waals surface area contributed by atoms with Crippen LogP contribution in [-0.4, -0.2) is 4.98 Å². The predicted octanol–water partition coefficient (Wildman–Crippen LogP) is 3.88. The van der Waals surface area contributed by atoms with Crippen molar-refractivity contribution in [2.24, 2.45) is 0 Å². The third-order valence-corrected chi connectivity index (χ3v) is 3.40. The number of hydrogen-bond acceptors (Lipinski definition) is 2. The molecule has 0 atom stereocenters. The van der Waals surface area contributed by atoms with Gasteiger partial charge in [-0.1, -0.05) is 34.1 Å². The quantitative estimate of drug-likeness (QED) is 0.752. The first kappa shape index (κ1) is 8.91.